The predicted molar refractivity (Wildman–Crippen MR) is 105 cm³/mol. The van der Waals surface area contributed by atoms with E-state index >= 15 is 0 Å². The molecule has 2 atom stereocenters. The van der Waals surface area contributed by atoms with Crippen molar-refractivity contribution in [2.24, 2.45) is 11.8 Å². The predicted octanol–water partition coefficient (Wildman–Crippen LogP) is 4.26. The Morgan fingerprint density at radius 1 is 1.41 bits per heavy atom. The highest BCUT2D eigenvalue weighted by molar-refractivity contribution is 6.01. The number of esters is 1. The molecule has 0 saturated heterocycles. The lowest BCUT2D eigenvalue weighted by Gasteiger charge is -2.20. The van der Waals surface area contributed by atoms with Gasteiger partial charge in [-0.15, -0.1) is 0 Å². The lowest BCUT2D eigenvalue weighted by atomic mass is 9.85. The second-order valence-corrected chi connectivity index (χ2v) is 7.60. The molecule has 3 rings (SSSR count). The smallest absolute Gasteiger partial charge is 0.341 e. The largest absolute Gasteiger partial charge is 0.481 e. The van der Waals surface area contributed by atoms with Gasteiger partial charge in [0.25, 0.3) is 0 Å². The molecule has 0 spiro atoms. The second-order valence-electron chi connectivity index (χ2n) is 7.60. The molecule has 2 aliphatic rings. The number of cyclic esters (lactones) is 1. The summed E-state index contributed by atoms with van der Waals surface area (Å²) in [4.78, 5) is 23.7. The fourth-order valence-corrected chi connectivity index (χ4v) is 4.77. The number of aliphatic carboxylic acids is 1. The van der Waals surface area contributed by atoms with Crippen molar-refractivity contribution < 1.29 is 19.4 Å². The number of hydrogen-bond donors (Lipinski definition) is 2. The molecule has 1 heterocycles. The second kappa shape index (κ2) is 7.75. The maximum absolute atomic E-state index is 12.3. The molecule has 5 nitrogen and oxygen atoms in total. The van der Waals surface area contributed by atoms with E-state index in [-0.39, 0.29) is 17.8 Å². The first kappa shape index (κ1) is 19.5. The van der Waals surface area contributed by atoms with Crippen molar-refractivity contribution >= 4 is 17.6 Å². The van der Waals surface area contributed by atoms with Gasteiger partial charge in [-0.2, -0.15) is 0 Å². The number of carbonyl (C=O) groups is 2. The van der Waals surface area contributed by atoms with Gasteiger partial charge in [0.2, 0.25) is 0 Å². The number of hydrogen-bond acceptors (Lipinski definition) is 4. The Morgan fingerprint density at radius 2 is 2.15 bits per heavy atom. The summed E-state index contributed by atoms with van der Waals surface area (Å²) in [6.45, 7) is 6.35. The Labute approximate surface area is 160 Å². The molecular formula is C22H29NO4. The molecule has 1 aliphatic heterocycles. The number of nitrogens with one attached hydrogen (secondary N) is 1. The normalized spacial score (nSPS) is 21.3. The van der Waals surface area contributed by atoms with Crippen molar-refractivity contribution in [1.82, 2.24) is 0 Å². The monoisotopic (exact) mass is 371 g/mol. The van der Waals surface area contributed by atoms with Gasteiger partial charge >= 0.3 is 11.9 Å². The van der Waals surface area contributed by atoms with Gasteiger partial charge in [-0.1, -0.05) is 25.5 Å². The zero-order valence-corrected chi connectivity index (χ0v) is 16.6. The summed E-state index contributed by atoms with van der Waals surface area (Å²) in [5, 5.41) is 12.6. The Bertz CT molecular complexity index is 809. The minimum atomic E-state index is -0.728. The average Bonchev–Trinajstić information content (AvgIpc) is 3.26. The average molecular weight is 371 g/mol. The summed E-state index contributed by atoms with van der Waals surface area (Å²) < 4.78 is 5.29. The van der Waals surface area contributed by atoms with Gasteiger partial charge in [0.1, 0.15) is 6.61 Å². The van der Waals surface area contributed by atoms with Crippen molar-refractivity contribution in [1.29, 1.82) is 0 Å². The standard InChI is InChI=1S/C22H29NO4/c1-5-15-12(2)18-11-27-22(26)19(18)20(23-4)17(15)10-9-14-7-6-8-16(14)13(3)21(24)25/h9,13,16,23H,5-8,10-11H2,1-4H3,(H,24,25)/b14-9+. The zero-order valence-electron chi connectivity index (χ0n) is 16.6. The summed E-state index contributed by atoms with van der Waals surface area (Å²) >= 11 is 0. The third-order valence-corrected chi connectivity index (χ3v) is 6.30. The number of anilines is 1. The highest BCUT2D eigenvalue weighted by Crippen LogP contribution is 2.40. The molecule has 1 aromatic rings. The molecule has 2 N–H and O–H groups in total. The number of carbonyl (C=O) groups excluding carboxylic acids is 1. The van der Waals surface area contributed by atoms with Crippen molar-refractivity contribution in [3.05, 3.63) is 39.5 Å². The molecule has 146 valence electrons. The van der Waals surface area contributed by atoms with Crippen LogP contribution in [0.2, 0.25) is 0 Å². The lowest BCUT2D eigenvalue weighted by molar-refractivity contribution is -0.142. The molecule has 0 amide bonds. The third-order valence-electron chi connectivity index (χ3n) is 6.30. The van der Waals surface area contributed by atoms with E-state index in [0.717, 1.165) is 48.1 Å². The van der Waals surface area contributed by atoms with Crippen LogP contribution in [0.15, 0.2) is 11.6 Å². The molecule has 1 saturated carbocycles. The first-order valence-electron chi connectivity index (χ1n) is 9.84. The summed E-state index contributed by atoms with van der Waals surface area (Å²) in [5.74, 6) is -1.22. The van der Waals surface area contributed by atoms with Crippen LogP contribution in [0.4, 0.5) is 5.69 Å². The zero-order chi connectivity index (χ0) is 19.7. The maximum atomic E-state index is 12.3. The molecule has 1 aliphatic carbocycles. The van der Waals surface area contributed by atoms with E-state index < -0.39 is 5.97 Å². The van der Waals surface area contributed by atoms with Crippen LogP contribution in [0.25, 0.3) is 0 Å². The van der Waals surface area contributed by atoms with Gasteiger partial charge in [0.05, 0.1) is 17.2 Å². The van der Waals surface area contributed by atoms with Crippen molar-refractivity contribution in [2.75, 3.05) is 12.4 Å². The van der Waals surface area contributed by atoms with Crippen LogP contribution in [0.1, 0.15) is 65.7 Å². The van der Waals surface area contributed by atoms with Crippen LogP contribution in [-0.2, 0) is 29.0 Å². The van der Waals surface area contributed by atoms with Gasteiger partial charge < -0.3 is 15.2 Å². The highest BCUT2D eigenvalue weighted by atomic mass is 16.5. The molecule has 27 heavy (non-hydrogen) atoms. The van der Waals surface area contributed by atoms with E-state index in [4.69, 9.17) is 4.74 Å². The number of ether oxygens (including phenoxy) is 1. The van der Waals surface area contributed by atoms with E-state index in [9.17, 15) is 14.7 Å². The minimum absolute atomic E-state index is 0.117. The SMILES string of the molecule is CCc1c(C)c2c(c(NC)c1C/C=C1\CCCC1C(C)C(=O)O)C(=O)OC2. The molecule has 0 aromatic heterocycles. The number of fused-ring (bicyclic) bond motifs is 1. The maximum Gasteiger partial charge on any atom is 0.341 e. The lowest BCUT2D eigenvalue weighted by Crippen LogP contribution is -2.19. The highest BCUT2D eigenvalue weighted by Gasteiger charge is 2.32. The van der Waals surface area contributed by atoms with Crippen LogP contribution in [0, 0.1) is 18.8 Å². The number of carboxylic acid groups (broad SMARTS) is 1. The summed E-state index contributed by atoms with van der Waals surface area (Å²) in [5.41, 5.74) is 7.32. The van der Waals surface area contributed by atoms with E-state index in [1.807, 2.05) is 7.05 Å². The first-order valence-corrected chi connectivity index (χ1v) is 9.84. The Hall–Kier alpha value is -2.30. The quantitative estimate of drug-likeness (QED) is 0.577. The van der Waals surface area contributed by atoms with Gasteiger partial charge in [0, 0.05) is 12.6 Å². The van der Waals surface area contributed by atoms with Crippen LogP contribution >= 0.6 is 0 Å². The van der Waals surface area contributed by atoms with Crippen LogP contribution in [0.3, 0.4) is 0 Å². The van der Waals surface area contributed by atoms with Crippen molar-refractivity contribution in [3.8, 4) is 0 Å². The number of rotatable bonds is 6. The van der Waals surface area contributed by atoms with E-state index in [1.54, 1.807) is 6.92 Å². The number of allylic oxidation sites excluding steroid dienone is 2. The molecule has 0 bridgehead atoms. The Balaban J connectivity index is 2.02. The number of carboxylic acids is 1. The fraction of sp³-hybridized carbons (Fsp3) is 0.545. The molecule has 5 heteroatoms. The van der Waals surface area contributed by atoms with Crippen molar-refractivity contribution in [3.63, 3.8) is 0 Å². The number of benzene rings is 1. The fourth-order valence-electron chi connectivity index (χ4n) is 4.77. The van der Waals surface area contributed by atoms with E-state index in [0.29, 0.717) is 18.6 Å². The van der Waals surface area contributed by atoms with Crippen molar-refractivity contribution in [2.45, 2.75) is 59.5 Å². The van der Waals surface area contributed by atoms with E-state index in [2.05, 4.69) is 25.2 Å². The third kappa shape index (κ3) is 3.35. The summed E-state index contributed by atoms with van der Waals surface area (Å²) in [6.07, 6.45) is 6.75. The molecule has 1 fully saturated rings. The molecule has 2 unspecified atom stereocenters. The minimum Gasteiger partial charge on any atom is -0.481 e. The van der Waals surface area contributed by atoms with Gasteiger partial charge in [-0.3, -0.25) is 4.79 Å². The van der Waals surface area contributed by atoms with Crippen LogP contribution in [0.5, 0.6) is 0 Å². The van der Waals surface area contributed by atoms with Crippen LogP contribution < -0.4 is 5.32 Å². The van der Waals surface area contributed by atoms with Gasteiger partial charge in [0.15, 0.2) is 0 Å². The summed E-state index contributed by atoms with van der Waals surface area (Å²) in [7, 11) is 1.84. The Kier molecular flexibility index (Phi) is 5.59. The molecular weight excluding hydrogens is 342 g/mol. The molecule has 0 radical (unpaired) electrons. The topological polar surface area (TPSA) is 75.6 Å². The first-order chi connectivity index (χ1) is 12.9. The summed E-state index contributed by atoms with van der Waals surface area (Å²) in [6, 6.07) is 0. The molecule has 1 aromatic carbocycles. The van der Waals surface area contributed by atoms with Gasteiger partial charge in [-0.05, 0) is 61.6 Å². The Morgan fingerprint density at radius 3 is 2.78 bits per heavy atom. The van der Waals surface area contributed by atoms with Crippen LogP contribution in [-0.4, -0.2) is 24.1 Å². The van der Waals surface area contributed by atoms with E-state index in [1.165, 1.54) is 11.1 Å². The van der Waals surface area contributed by atoms with Gasteiger partial charge in [-0.25, -0.2) is 4.79 Å².